The molecule has 0 radical (unpaired) electrons. The van der Waals surface area contributed by atoms with Crippen molar-refractivity contribution in [3.8, 4) is 0 Å². The molecule has 0 N–H and O–H groups in total. The van der Waals surface area contributed by atoms with E-state index in [4.69, 9.17) is 0 Å². The quantitative estimate of drug-likeness (QED) is 0.842. The van der Waals surface area contributed by atoms with Crippen LogP contribution in [-0.4, -0.2) is 45.5 Å². The van der Waals surface area contributed by atoms with Gasteiger partial charge in [-0.05, 0) is 56.4 Å². The maximum atomic E-state index is 4.43. The molecular formula is C18H26N4S. The number of thiazole rings is 1. The minimum absolute atomic E-state index is 0.596. The van der Waals surface area contributed by atoms with Crippen molar-refractivity contribution in [1.82, 2.24) is 19.4 Å². The van der Waals surface area contributed by atoms with Crippen LogP contribution in [0.15, 0.2) is 30.0 Å². The van der Waals surface area contributed by atoms with Crippen molar-refractivity contribution in [1.29, 1.82) is 0 Å². The van der Waals surface area contributed by atoms with Crippen LogP contribution in [0.1, 0.15) is 29.8 Å². The van der Waals surface area contributed by atoms with Gasteiger partial charge in [-0.15, -0.1) is 11.3 Å². The highest BCUT2D eigenvalue weighted by Crippen LogP contribution is 2.56. The number of aromatic nitrogens is 2. The zero-order valence-corrected chi connectivity index (χ0v) is 14.9. The van der Waals surface area contributed by atoms with Crippen LogP contribution in [0.2, 0.25) is 0 Å². The fourth-order valence-electron chi connectivity index (χ4n) is 4.21. The third-order valence-electron chi connectivity index (χ3n) is 5.70. The molecule has 1 atom stereocenters. The van der Waals surface area contributed by atoms with Crippen molar-refractivity contribution in [2.24, 2.45) is 12.5 Å². The summed E-state index contributed by atoms with van der Waals surface area (Å²) in [6, 6.07) is 3.01. The van der Waals surface area contributed by atoms with Gasteiger partial charge in [-0.25, -0.2) is 4.98 Å². The molecule has 1 spiro atoms. The highest BCUT2D eigenvalue weighted by molar-refractivity contribution is 7.09. The molecule has 2 aliphatic rings. The molecule has 5 heteroatoms. The van der Waals surface area contributed by atoms with E-state index < -0.39 is 0 Å². The molecular weight excluding hydrogens is 304 g/mol. The first-order valence-corrected chi connectivity index (χ1v) is 9.44. The summed E-state index contributed by atoms with van der Waals surface area (Å²) in [7, 11) is 4.37. The summed E-state index contributed by atoms with van der Waals surface area (Å²) in [6.07, 6.45) is 10.4. The average Bonchev–Trinajstić information content (AvgIpc) is 2.88. The lowest BCUT2D eigenvalue weighted by Gasteiger charge is -2.34. The van der Waals surface area contributed by atoms with Crippen LogP contribution in [0.5, 0.6) is 0 Å². The van der Waals surface area contributed by atoms with Crippen molar-refractivity contribution in [3.05, 3.63) is 40.6 Å². The lowest BCUT2D eigenvalue weighted by atomic mass is 9.92. The third kappa shape index (κ3) is 3.23. The van der Waals surface area contributed by atoms with E-state index in [9.17, 15) is 0 Å². The zero-order valence-electron chi connectivity index (χ0n) is 14.1. The highest BCUT2D eigenvalue weighted by Gasteiger charge is 2.56. The van der Waals surface area contributed by atoms with Gasteiger partial charge in [0.1, 0.15) is 5.01 Å². The van der Waals surface area contributed by atoms with Gasteiger partial charge in [0.15, 0.2) is 0 Å². The Balaban J connectivity index is 1.28. The lowest BCUT2D eigenvalue weighted by molar-refractivity contribution is 0.139. The van der Waals surface area contributed by atoms with Gasteiger partial charge in [0.25, 0.3) is 0 Å². The molecule has 0 bridgehead atoms. The van der Waals surface area contributed by atoms with Crippen molar-refractivity contribution in [2.75, 3.05) is 20.1 Å². The summed E-state index contributed by atoms with van der Waals surface area (Å²) in [6.45, 7) is 4.61. The minimum Gasteiger partial charge on any atom is -0.357 e. The van der Waals surface area contributed by atoms with E-state index in [0.29, 0.717) is 5.41 Å². The van der Waals surface area contributed by atoms with Gasteiger partial charge in [0.2, 0.25) is 0 Å². The lowest BCUT2D eigenvalue weighted by Crippen LogP contribution is -2.37. The summed E-state index contributed by atoms with van der Waals surface area (Å²) < 4.78 is 2.14. The topological polar surface area (TPSA) is 24.3 Å². The number of hydrogen-bond acceptors (Lipinski definition) is 4. The van der Waals surface area contributed by atoms with Crippen LogP contribution in [0, 0.1) is 5.41 Å². The third-order valence-corrected chi connectivity index (χ3v) is 6.46. The van der Waals surface area contributed by atoms with Gasteiger partial charge in [-0.1, -0.05) is 0 Å². The Hall–Kier alpha value is -1.17. The predicted molar refractivity (Wildman–Crippen MR) is 94.3 cm³/mol. The molecule has 2 fully saturated rings. The Morgan fingerprint density at radius 2 is 2.22 bits per heavy atom. The van der Waals surface area contributed by atoms with Crippen molar-refractivity contribution in [2.45, 2.75) is 38.4 Å². The number of nitrogens with zero attached hydrogens (tertiary/aromatic N) is 4. The van der Waals surface area contributed by atoms with E-state index in [-0.39, 0.29) is 0 Å². The first-order valence-electron chi connectivity index (χ1n) is 8.56. The van der Waals surface area contributed by atoms with E-state index in [2.05, 4.69) is 57.3 Å². The van der Waals surface area contributed by atoms with Gasteiger partial charge in [0.05, 0.1) is 6.54 Å². The smallest absolute Gasteiger partial charge is 0.107 e. The van der Waals surface area contributed by atoms with Crippen LogP contribution in [0.25, 0.3) is 0 Å². The van der Waals surface area contributed by atoms with Gasteiger partial charge in [-0.2, -0.15) is 0 Å². The summed E-state index contributed by atoms with van der Waals surface area (Å²) in [5, 5.41) is 3.32. The molecule has 1 aliphatic heterocycles. The molecule has 1 aliphatic carbocycles. The Bertz CT molecular complexity index is 640. The second-order valence-electron chi connectivity index (χ2n) is 7.38. The van der Waals surface area contributed by atoms with Crippen LogP contribution >= 0.6 is 11.3 Å². The standard InChI is InChI=1S/C18H26N4S/c1-20-7-3-15(12-20)13-22-8-4-18(5-9-22)11-16(18)21(2)14-17-19-6-10-23-17/h3,6-7,10,12,16H,4-5,8-9,11,13-14H2,1-2H3. The number of piperidine rings is 1. The molecule has 3 heterocycles. The fourth-order valence-corrected chi connectivity index (χ4v) is 4.89. The summed E-state index contributed by atoms with van der Waals surface area (Å²) in [5.41, 5.74) is 2.04. The molecule has 2 aromatic rings. The van der Waals surface area contributed by atoms with Crippen LogP contribution < -0.4 is 0 Å². The normalized spacial score (nSPS) is 23.7. The summed E-state index contributed by atoms with van der Waals surface area (Å²) in [4.78, 5) is 9.58. The molecule has 4 rings (SSSR count). The van der Waals surface area contributed by atoms with E-state index in [1.54, 1.807) is 11.3 Å². The molecule has 1 unspecified atom stereocenters. The van der Waals surface area contributed by atoms with Gasteiger partial charge < -0.3 is 4.57 Å². The predicted octanol–water partition coefficient (Wildman–Crippen LogP) is 2.97. The maximum absolute atomic E-state index is 4.43. The number of hydrogen-bond donors (Lipinski definition) is 0. The Kier molecular flexibility index (Phi) is 4.03. The molecule has 0 aromatic carbocycles. The van der Waals surface area contributed by atoms with E-state index in [0.717, 1.165) is 19.1 Å². The molecule has 1 saturated heterocycles. The molecule has 0 amide bonds. The second kappa shape index (κ2) is 6.04. The maximum Gasteiger partial charge on any atom is 0.107 e. The van der Waals surface area contributed by atoms with Crippen LogP contribution in [0.4, 0.5) is 0 Å². The van der Waals surface area contributed by atoms with E-state index in [1.165, 1.54) is 42.9 Å². The van der Waals surface area contributed by atoms with E-state index in [1.807, 2.05) is 6.20 Å². The number of aryl methyl sites for hydroxylation is 1. The van der Waals surface area contributed by atoms with Gasteiger partial charge >= 0.3 is 0 Å². The minimum atomic E-state index is 0.596. The van der Waals surface area contributed by atoms with Gasteiger partial charge in [0, 0.05) is 43.6 Å². The van der Waals surface area contributed by atoms with Crippen molar-refractivity contribution >= 4 is 11.3 Å². The highest BCUT2D eigenvalue weighted by atomic mass is 32.1. The average molecular weight is 331 g/mol. The summed E-state index contributed by atoms with van der Waals surface area (Å²) in [5.74, 6) is 0. The molecule has 124 valence electrons. The van der Waals surface area contributed by atoms with Crippen molar-refractivity contribution in [3.63, 3.8) is 0 Å². The SMILES string of the molecule is CN(Cc1nccs1)C1CC12CCN(Cc1ccn(C)c1)CC2. The zero-order chi connectivity index (χ0) is 15.9. The number of rotatable bonds is 5. The van der Waals surface area contributed by atoms with E-state index >= 15 is 0 Å². The Morgan fingerprint density at radius 1 is 1.39 bits per heavy atom. The van der Waals surface area contributed by atoms with Gasteiger partial charge in [-0.3, -0.25) is 9.80 Å². The summed E-state index contributed by atoms with van der Waals surface area (Å²) >= 11 is 1.77. The number of likely N-dealkylation sites (tertiary alicyclic amines) is 1. The largest absolute Gasteiger partial charge is 0.357 e. The molecule has 1 saturated carbocycles. The van der Waals surface area contributed by atoms with Crippen molar-refractivity contribution < 1.29 is 0 Å². The second-order valence-corrected chi connectivity index (χ2v) is 8.36. The molecule has 2 aromatic heterocycles. The molecule has 4 nitrogen and oxygen atoms in total. The fraction of sp³-hybridized carbons (Fsp3) is 0.611. The Labute approximate surface area is 142 Å². The monoisotopic (exact) mass is 330 g/mol. The Morgan fingerprint density at radius 3 is 2.87 bits per heavy atom. The first-order chi connectivity index (χ1) is 11.1. The van der Waals surface area contributed by atoms with Crippen LogP contribution in [0.3, 0.4) is 0 Å². The first kappa shape index (κ1) is 15.4. The molecule has 23 heavy (non-hydrogen) atoms. The van der Waals surface area contributed by atoms with Crippen LogP contribution in [-0.2, 0) is 20.1 Å².